The molecule has 0 fully saturated rings. The van der Waals surface area contributed by atoms with Gasteiger partial charge in [-0.3, -0.25) is 0 Å². The lowest BCUT2D eigenvalue weighted by Gasteiger charge is -2.35. The van der Waals surface area contributed by atoms with E-state index in [-0.39, 0.29) is 5.41 Å². The molecular formula is C81H64N2. The van der Waals surface area contributed by atoms with Gasteiger partial charge < -0.3 is 9.47 Å². The summed E-state index contributed by atoms with van der Waals surface area (Å²) < 4.78 is 2.37. The second kappa shape index (κ2) is 22.0. The van der Waals surface area contributed by atoms with Crippen LogP contribution in [-0.4, -0.2) is 4.57 Å². The summed E-state index contributed by atoms with van der Waals surface area (Å²) in [6.07, 6.45) is 1.81. The first-order chi connectivity index (χ1) is 40.7. The Labute approximate surface area is 488 Å². The molecule has 12 aromatic carbocycles. The number of para-hydroxylation sites is 2. The number of benzene rings is 12. The summed E-state index contributed by atoms with van der Waals surface area (Å²) in [5.41, 5.74) is 24.8. The molecule has 0 saturated carbocycles. The van der Waals surface area contributed by atoms with E-state index in [1.54, 1.807) is 0 Å². The van der Waals surface area contributed by atoms with Crippen LogP contribution < -0.4 is 4.90 Å². The van der Waals surface area contributed by atoms with Crippen LogP contribution in [-0.2, 0) is 10.8 Å². The van der Waals surface area contributed by atoms with Gasteiger partial charge in [-0.15, -0.1) is 0 Å². The Morgan fingerprint density at radius 1 is 0.386 bits per heavy atom. The molecule has 0 amide bonds. The fourth-order valence-electron chi connectivity index (χ4n) is 12.6. The van der Waals surface area contributed by atoms with E-state index in [0.29, 0.717) is 0 Å². The third-order valence-corrected chi connectivity index (χ3v) is 16.6. The van der Waals surface area contributed by atoms with Crippen LogP contribution in [0, 0.1) is 0 Å². The molecule has 1 aliphatic carbocycles. The Bertz CT molecular complexity index is 4410. The molecule has 2 nitrogen and oxygen atoms in total. The first-order valence-corrected chi connectivity index (χ1v) is 28.7. The van der Waals surface area contributed by atoms with Gasteiger partial charge in [0.2, 0.25) is 0 Å². The van der Waals surface area contributed by atoms with E-state index in [2.05, 4.69) is 341 Å². The molecule has 1 heterocycles. The SMILES string of the molecule is C=CC(=C)c1ccccc1C(C)(C)C.c1ccc(-c2ccc(N(c3ccc(-c4ccc(-c5ccc6c(c5)c5ccccc5n6-c5ccccc5)cc4)cc3)c3ccc4c(c3)C(c3ccccc3)(c3ccccc3)c3ccccc3-4)cc2)cc1. The Morgan fingerprint density at radius 2 is 0.831 bits per heavy atom. The van der Waals surface area contributed by atoms with Gasteiger partial charge in [0.05, 0.1) is 16.4 Å². The van der Waals surface area contributed by atoms with E-state index in [0.717, 1.165) is 22.6 Å². The highest BCUT2D eigenvalue weighted by atomic mass is 15.1. The van der Waals surface area contributed by atoms with Crippen LogP contribution in [0.3, 0.4) is 0 Å². The lowest BCUT2D eigenvalue weighted by Crippen LogP contribution is -2.28. The Morgan fingerprint density at radius 3 is 1.43 bits per heavy atom. The summed E-state index contributed by atoms with van der Waals surface area (Å²) in [4.78, 5) is 2.41. The van der Waals surface area contributed by atoms with Crippen molar-refractivity contribution in [3.63, 3.8) is 0 Å². The molecule has 13 aromatic rings. The Balaban J connectivity index is 0.000000406. The number of anilines is 3. The molecule has 0 aliphatic heterocycles. The van der Waals surface area contributed by atoms with Crippen LogP contribution in [0.4, 0.5) is 17.1 Å². The van der Waals surface area contributed by atoms with Crippen LogP contribution in [0.5, 0.6) is 0 Å². The summed E-state index contributed by atoms with van der Waals surface area (Å²) in [7, 11) is 0. The second-order valence-corrected chi connectivity index (χ2v) is 22.6. The molecule has 0 unspecified atom stereocenters. The molecule has 0 spiro atoms. The number of fused-ring (bicyclic) bond motifs is 6. The van der Waals surface area contributed by atoms with Gasteiger partial charge in [0.15, 0.2) is 0 Å². The molecule has 1 aliphatic rings. The molecule has 0 saturated heterocycles. The average molecular weight is 1070 g/mol. The first-order valence-electron chi connectivity index (χ1n) is 28.7. The summed E-state index contributed by atoms with van der Waals surface area (Å²) in [5, 5.41) is 2.51. The highest BCUT2D eigenvalue weighted by Gasteiger charge is 2.46. The van der Waals surface area contributed by atoms with Crippen molar-refractivity contribution < 1.29 is 0 Å². The van der Waals surface area contributed by atoms with Crippen molar-refractivity contribution in [1.82, 2.24) is 4.57 Å². The van der Waals surface area contributed by atoms with Gasteiger partial charge in [0, 0.05) is 33.5 Å². The molecule has 0 bridgehead atoms. The van der Waals surface area contributed by atoms with Crippen LogP contribution in [0.1, 0.15) is 54.2 Å². The van der Waals surface area contributed by atoms with Crippen molar-refractivity contribution in [3.8, 4) is 50.2 Å². The predicted molar refractivity (Wildman–Crippen MR) is 353 cm³/mol. The van der Waals surface area contributed by atoms with Gasteiger partial charge in [-0.25, -0.2) is 0 Å². The monoisotopic (exact) mass is 1060 g/mol. The molecule has 0 N–H and O–H groups in total. The van der Waals surface area contributed by atoms with Crippen molar-refractivity contribution >= 4 is 44.4 Å². The highest BCUT2D eigenvalue weighted by molar-refractivity contribution is 6.10. The number of hydrogen-bond donors (Lipinski definition) is 0. The molecule has 0 radical (unpaired) electrons. The normalized spacial score (nSPS) is 12.2. The third kappa shape index (κ3) is 9.58. The lowest BCUT2D eigenvalue weighted by molar-refractivity contribution is 0.589. The minimum absolute atomic E-state index is 0.155. The number of rotatable bonds is 11. The van der Waals surface area contributed by atoms with Crippen LogP contribution >= 0.6 is 0 Å². The van der Waals surface area contributed by atoms with E-state index >= 15 is 0 Å². The van der Waals surface area contributed by atoms with Gasteiger partial charge in [0.1, 0.15) is 0 Å². The zero-order valence-corrected chi connectivity index (χ0v) is 47.3. The molecule has 14 rings (SSSR count). The fourth-order valence-corrected chi connectivity index (χ4v) is 12.6. The van der Waals surface area contributed by atoms with Gasteiger partial charge >= 0.3 is 0 Å². The Hall–Kier alpha value is -10.3. The maximum atomic E-state index is 4.00. The van der Waals surface area contributed by atoms with Crippen LogP contribution in [0.25, 0.3) is 77.6 Å². The largest absolute Gasteiger partial charge is 0.310 e. The lowest BCUT2D eigenvalue weighted by atomic mass is 9.67. The maximum Gasteiger partial charge on any atom is 0.0714 e. The quantitative estimate of drug-likeness (QED) is 0.117. The molecule has 1 aromatic heterocycles. The average Bonchev–Trinajstić information content (AvgIpc) is 2.82. The Kier molecular flexibility index (Phi) is 13.8. The number of hydrogen-bond acceptors (Lipinski definition) is 1. The molecular weight excluding hydrogens is 1000 g/mol. The maximum absolute atomic E-state index is 4.00. The number of allylic oxidation sites excluding steroid dienone is 2. The number of aromatic nitrogens is 1. The van der Waals surface area contributed by atoms with Gasteiger partial charge in [0.25, 0.3) is 0 Å². The van der Waals surface area contributed by atoms with Gasteiger partial charge in [-0.2, -0.15) is 0 Å². The minimum atomic E-state index is -0.504. The van der Waals surface area contributed by atoms with E-state index in [1.807, 2.05) is 12.1 Å². The number of nitrogens with zero attached hydrogens (tertiary/aromatic N) is 2. The van der Waals surface area contributed by atoms with Gasteiger partial charge in [-0.05, 0) is 156 Å². The standard InChI is InChI=1S/C67H46N2.C14H18/c1-5-17-47(18-6-1)49-33-38-56(39-34-49)68(58-42-43-60-59-25-13-15-27-63(59)67(64(60)46-58,53-19-7-2-8-20-53)54-21-9-3-10-22-54)57-40-35-50(36-41-57)48-29-31-51(32-30-48)52-37-44-66-62(45-52)61-26-14-16-28-65(61)69(66)55-23-11-4-12-24-55;1-6-11(2)12-9-7-8-10-13(12)14(3,4)5/h1-46H;6-10H,1-2H2,3-5H3. The van der Waals surface area contributed by atoms with Crippen molar-refractivity contribution in [2.75, 3.05) is 4.90 Å². The zero-order valence-electron chi connectivity index (χ0n) is 47.3. The summed E-state index contributed by atoms with van der Waals surface area (Å²) in [6, 6.07) is 111. The topological polar surface area (TPSA) is 8.17 Å². The van der Waals surface area contributed by atoms with E-state index in [1.165, 1.54) is 105 Å². The molecule has 83 heavy (non-hydrogen) atoms. The zero-order chi connectivity index (χ0) is 56.5. The predicted octanol–water partition coefficient (Wildman–Crippen LogP) is 21.8. The second-order valence-electron chi connectivity index (χ2n) is 22.6. The first kappa shape index (κ1) is 52.1. The van der Waals surface area contributed by atoms with E-state index in [9.17, 15) is 0 Å². The minimum Gasteiger partial charge on any atom is -0.310 e. The summed E-state index contributed by atoms with van der Waals surface area (Å²) >= 11 is 0. The van der Waals surface area contributed by atoms with E-state index in [4.69, 9.17) is 0 Å². The smallest absolute Gasteiger partial charge is 0.0714 e. The fraction of sp³-hybridized carbons (Fsp3) is 0.0617. The van der Waals surface area contributed by atoms with Crippen molar-refractivity contribution in [1.29, 1.82) is 0 Å². The summed E-state index contributed by atoms with van der Waals surface area (Å²) in [5.74, 6) is 0. The van der Waals surface area contributed by atoms with Crippen molar-refractivity contribution in [2.24, 2.45) is 0 Å². The molecule has 398 valence electrons. The molecule has 0 atom stereocenters. The van der Waals surface area contributed by atoms with Crippen molar-refractivity contribution in [2.45, 2.75) is 31.6 Å². The highest BCUT2D eigenvalue weighted by Crippen LogP contribution is 2.57. The van der Waals surface area contributed by atoms with Gasteiger partial charge in [-0.1, -0.05) is 277 Å². The van der Waals surface area contributed by atoms with Crippen LogP contribution in [0.2, 0.25) is 0 Å². The third-order valence-electron chi connectivity index (χ3n) is 16.6. The molecule has 2 heteroatoms. The van der Waals surface area contributed by atoms with Crippen LogP contribution in [0.15, 0.2) is 323 Å². The summed E-state index contributed by atoms with van der Waals surface area (Å²) in [6.45, 7) is 14.4. The van der Waals surface area contributed by atoms with Crippen molar-refractivity contribution in [3.05, 3.63) is 356 Å². The van der Waals surface area contributed by atoms with E-state index < -0.39 is 5.41 Å².